The molecule has 0 radical (unpaired) electrons. The third-order valence-corrected chi connectivity index (χ3v) is 5.13. The average molecular weight is 420 g/mol. The van der Waals surface area contributed by atoms with Crippen LogP contribution in [0, 0.1) is 0 Å². The van der Waals surface area contributed by atoms with Gasteiger partial charge in [-0.05, 0) is 18.4 Å². The number of ketones is 1. The molecule has 2 aromatic carbocycles. The first-order valence-electron chi connectivity index (χ1n) is 9.95. The number of benzene rings is 2. The van der Waals surface area contributed by atoms with Crippen molar-refractivity contribution >= 4 is 18.2 Å². The molecule has 3 rings (SSSR count). The normalized spacial score (nSPS) is 17.3. The number of nitrogens with zero attached hydrogens (tertiary/aromatic N) is 1. The number of piperidine rings is 1. The summed E-state index contributed by atoms with van der Waals surface area (Å²) in [5.41, 5.74) is 1.64. The zero-order valence-electron chi connectivity index (χ0n) is 16.5. The zero-order chi connectivity index (χ0) is 19.8. The maximum absolute atomic E-state index is 12.9. The molecule has 2 aromatic rings. The highest BCUT2D eigenvalue weighted by molar-refractivity contribution is 5.99. The van der Waals surface area contributed by atoms with E-state index in [1.165, 1.54) is 0 Å². The van der Waals surface area contributed by atoms with Gasteiger partial charge in [0.25, 0.3) is 0 Å². The van der Waals surface area contributed by atoms with Crippen LogP contribution in [0.2, 0.25) is 0 Å². The number of rotatable bonds is 9. The van der Waals surface area contributed by atoms with Crippen LogP contribution in [0.5, 0.6) is 0 Å². The fourth-order valence-corrected chi connectivity index (χ4v) is 3.52. The van der Waals surface area contributed by atoms with Gasteiger partial charge >= 0.3 is 0 Å². The van der Waals surface area contributed by atoms with Gasteiger partial charge < -0.3 is 19.8 Å². The van der Waals surface area contributed by atoms with E-state index in [0.29, 0.717) is 18.5 Å². The Hall–Kier alpha value is -1.76. The third-order valence-electron chi connectivity index (χ3n) is 5.13. The molecule has 1 fully saturated rings. The molecule has 0 aliphatic carbocycles. The van der Waals surface area contributed by atoms with E-state index in [1.807, 2.05) is 48.5 Å². The quantitative estimate of drug-likeness (QED) is 0.611. The lowest BCUT2D eigenvalue weighted by molar-refractivity contribution is -0.0203. The molecule has 1 aliphatic rings. The number of Topliss-reactive ketones (excluding diaryl/α,β-unsaturated/α-hetero) is 1. The second kappa shape index (κ2) is 12.1. The van der Waals surface area contributed by atoms with Crippen molar-refractivity contribution in [2.75, 3.05) is 26.2 Å². The van der Waals surface area contributed by atoms with Crippen LogP contribution < -0.4 is 0 Å². The first-order chi connectivity index (χ1) is 13.6. The van der Waals surface area contributed by atoms with Gasteiger partial charge in [0.15, 0.2) is 5.78 Å². The minimum absolute atomic E-state index is 0. The lowest BCUT2D eigenvalue weighted by Crippen LogP contribution is -2.42. The van der Waals surface area contributed by atoms with Crippen molar-refractivity contribution < 1.29 is 19.7 Å². The Balaban J connectivity index is 0.00000300. The lowest BCUT2D eigenvalue weighted by atomic mass is 10.00. The van der Waals surface area contributed by atoms with Crippen LogP contribution in [-0.2, 0) is 11.2 Å². The molecule has 0 spiro atoms. The molecule has 1 heterocycles. The SMILES string of the molecule is Cl.O=C(c1ccccc1)C(Cc1ccccc1)OCC(O)CN1CCC(O)CC1. The zero-order valence-corrected chi connectivity index (χ0v) is 17.3. The maximum Gasteiger partial charge on any atom is 0.191 e. The highest BCUT2D eigenvalue weighted by Crippen LogP contribution is 2.14. The first kappa shape index (κ1) is 23.5. The van der Waals surface area contributed by atoms with Gasteiger partial charge in [-0.3, -0.25) is 4.79 Å². The van der Waals surface area contributed by atoms with E-state index in [1.54, 1.807) is 12.1 Å². The Labute approximate surface area is 178 Å². The smallest absolute Gasteiger partial charge is 0.191 e. The predicted molar refractivity (Wildman–Crippen MR) is 116 cm³/mol. The van der Waals surface area contributed by atoms with Crippen molar-refractivity contribution in [1.29, 1.82) is 0 Å². The highest BCUT2D eigenvalue weighted by Gasteiger charge is 2.24. The molecule has 0 saturated carbocycles. The molecule has 2 unspecified atom stereocenters. The summed E-state index contributed by atoms with van der Waals surface area (Å²) in [5.74, 6) is -0.0715. The van der Waals surface area contributed by atoms with Crippen molar-refractivity contribution in [3.63, 3.8) is 0 Å². The summed E-state index contributed by atoms with van der Waals surface area (Å²) in [4.78, 5) is 15.1. The summed E-state index contributed by atoms with van der Waals surface area (Å²) < 4.78 is 5.91. The van der Waals surface area contributed by atoms with E-state index in [9.17, 15) is 15.0 Å². The molecule has 29 heavy (non-hydrogen) atoms. The van der Waals surface area contributed by atoms with Crippen molar-refractivity contribution in [2.45, 2.75) is 37.6 Å². The lowest BCUT2D eigenvalue weighted by Gasteiger charge is -2.31. The van der Waals surface area contributed by atoms with Crippen molar-refractivity contribution in [2.24, 2.45) is 0 Å². The Kier molecular flexibility index (Phi) is 9.78. The Bertz CT molecular complexity index is 720. The van der Waals surface area contributed by atoms with Crippen LogP contribution >= 0.6 is 12.4 Å². The standard InChI is InChI=1S/C23H29NO4.ClH/c25-20-11-13-24(14-12-20)16-21(26)17-28-22(15-18-7-3-1-4-8-18)23(27)19-9-5-2-6-10-19;/h1-10,20-22,25-26H,11-17H2;1H. The number of carbonyl (C=O) groups is 1. The second-order valence-corrected chi connectivity index (χ2v) is 7.43. The number of halogens is 1. The Morgan fingerprint density at radius 2 is 1.62 bits per heavy atom. The summed E-state index contributed by atoms with van der Waals surface area (Å²) in [7, 11) is 0. The molecular formula is C23H30ClNO4. The average Bonchev–Trinajstić information content (AvgIpc) is 2.73. The summed E-state index contributed by atoms with van der Waals surface area (Å²) in [5, 5.41) is 20.0. The summed E-state index contributed by atoms with van der Waals surface area (Å²) in [6.07, 6.45) is 0.396. The molecule has 2 atom stereocenters. The van der Waals surface area contributed by atoms with E-state index in [-0.39, 0.29) is 30.9 Å². The fraction of sp³-hybridized carbons (Fsp3) is 0.435. The van der Waals surface area contributed by atoms with Gasteiger partial charge in [0.1, 0.15) is 6.10 Å². The fourth-order valence-electron chi connectivity index (χ4n) is 3.52. The van der Waals surface area contributed by atoms with Gasteiger partial charge in [0.05, 0.1) is 18.8 Å². The van der Waals surface area contributed by atoms with E-state index < -0.39 is 12.2 Å². The van der Waals surface area contributed by atoms with E-state index in [4.69, 9.17) is 4.74 Å². The number of likely N-dealkylation sites (tertiary alicyclic amines) is 1. The minimum atomic E-state index is -0.669. The van der Waals surface area contributed by atoms with Gasteiger partial charge in [0, 0.05) is 31.6 Å². The van der Waals surface area contributed by atoms with Gasteiger partial charge in [0.2, 0.25) is 0 Å². The first-order valence-corrected chi connectivity index (χ1v) is 9.95. The molecule has 0 bridgehead atoms. The Morgan fingerprint density at radius 1 is 1.03 bits per heavy atom. The summed E-state index contributed by atoms with van der Waals surface area (Å²) in [6.45, 7) is 2.14. The third kappa shape index (κ3) is 7.53. The number of aliphatic hydroxyl groups is 2. The van der Waals surface area contributed by atoms with Crippen molar-refractivity contribution in [3.8, 4) is 0 Å². The molecule has 5 nitrogen and oxygen atoms in total. The number of β-amino-alcohol motifs (C(OH)–C–C–N with tert-alkyl or cyclic N) is 1. The molecule has 0 aromatic heterocycles. The van der Waals surface area contributed by atoms with Crippen LogP contribution in [0.25, 0.3) is 0 Å². The minimum Gasteiger partial charge on any atom is -0.393 e. The van der Waals surface area contributed by atoms with E-state index in [0.717, 1.165) is 31.5 Å². The monoisotopic (exact) mass is 419 g/mol. The van der Waals surface area contributed by atoms with Gasteiger partial charge in [-0.25, -0.2) is 0 Å². The summed E-state index contributed by atoms with van der Waals surface area (Å²) >= 11 is 0. The van der Waals surface area contributed by atoms with Crippen molar-refractivity contribution in [3.05, 3.63) is 71.8 Å². The van der Waals surface area contributed by atoms with Crippen LogP contribution in [0.4, 0.5) is 0 Å². The number of hydrogen-bond donors (Lipinski definition) is 2. The predicted octanol–water partition coefficient (Wildman–Crippen LogP) is 2.74. The van der Waals surface area contributed by atoms with Gasteiger partial charge in [-0.2, -0.15) is 0 Å². The van der Waals surface area contributed by atoms with Crippen LogP contribution in [0.3, 0.4) is 0 Å². The van der Waals surface area contributed by atoms with E-state index in [2.05, 4.69) is 4.90 Å². The van der Waals surface area contributed by atoms with Crippen LogP contribution in [-0.4, -0.2) is 65.4 Å². The maximum atomic E-state index is 12.9. The number of hydrogen-bond acceptors (Lipinski definition) is 5. The van der Waals surface area contributed by atoms with Crippen LogP contribution in [0.1, 0.15) is 28.8 Å². The number of aliphatic hydroxyl groups excluding tert-OH is 2. The van der Waals surface area contributed by atoms with Gasteiger partial charge in [-0.1, -0.05) is 60.7 Å². The number of ether oxygens (including phenoxy) is 1. The van der Waals surface area contributed by atoms with E-state index >= 15 is 0 Å². The van der Waals surface area contributed by atoms with Gasteiger partial charge in [-0.15, -0.1) is 12.4 Å². The molecule has 1 aliphatic heterocycles. The molecule has 1 saturated heterocycles. The topological polar surface area (TPSA) is 70.0 Å². The second-order valence-electron chi connectivity index (χ2n) is 7.43. The van der Waals surface area contributed by atoms with Crippen molar-refractivity contribution in [1.82, 2.24) is 4.90 Å². The van der Waals surface area contributed by atoms with Crippen LogP contribution in [0.15, 0.2) is 60.7 Å². The number of carbonyl (C=O) groups excluding carboxylic acids is 1. The molecule has 158 valence electrons. The molecule has 2 N–H and O–H groups in total. The summed E-state index contributed by atoms with van der Waals surface area (Å²) in [6, 6.07) is 18.9. The Morgan fingerprint density at radius 3 is 2.24 bits per heavy atom. The highest BCUT2D eigenvalue weighted by atomic mass is 35.5. The molecule has 0 amide bonds. The molecule has 6 heteroatoms. The molecular weight excluding hydrogens is 390 g/mol. The largest absolute Gasteiger partial charge is 0.393 e.